The quantitative estimate of drug-likeness (QED) is 0.290. The molecule has 15 heavy (non-hydrogen) atoms. The van der Waals surface area contributed by atoms with E-state index in [1.54, 1.807) is 0 Å². The molecule has 0 radical (unpaired) electrons. The third-order valence-corrected chi connectivity index (χ3v) is 1.98. The van der Waals surface area contributed by atoms with Crippen molar-refractivity contribution in [2.75, 3.05) is 6.61 Å². The molecule has 1 atom stereocenters. The number of unbranched alkanes of at least 4 members (excludes halogenated alkanes) is 2. The Labute approximate surface area is 89.9 Å². The predicted molar refractivity (Wildman–Crippen MR) is 56.4 cm³/mol. The number of aliphatic carboxylic acids is 1. The van der Waals surface area contributed by atoms with E-state index in [1.807, 2.05) is 6.92 Å². The second-order valence-corrected chi connectivity index (χ2v) is 3.29. The Morgan fingerprint density at radius 1 is 1.47 bits per heavy atom. The van der Waals surface area contributed by atoms with Crippen LogP contribution in [0.2, 0.25) is 0 Å². The number of carbonyl (C=O) groups is 2. The van der Waals surface area contributed by atoms with Crippen LogP contribution in [0.25, 0.3) is 0 Å². The molecule has 0 rings (SSSR count). The lowest BCUT2D eigenvalue weighted by molar-refractivity contribution is -0.158. The van der Waals surface area contributed by atoms with Crippen LogP contribution in [0.5, 0.6) is 0 Å². The molecule has 4 nitrogen and oxygen atoms in total. The first-order valence-corrected chi connectivity index (χ1v) is 5.13. The van der Waals surface area contributed by atoms with Crippen molar-refractivity contribution in [2.45, 2.75) is 32.6 Å². The van der Waals surface area contributed by atoms with Crippen LogP contribution in [0.15, 0.2) is 12.7 Å². The molecule has 0 aromatic heterocycles. The van der Waals surface area contributed by atoms with E-state index >= 15 is 0 Å². The van der Waals surface area contributed by atoms with Crippen LogP contribution in [0.4, 0.5) is 0 Å². The predicted octanol–water partition coefficient (Wildman–Crippen LogP) is 2.00. The number of rotatable bonds is 8. The fourth-order valence-corrected chi connectivity index (χ4v) is 1.09. The fourth-order valence-electron chi connectivity index (χ4n) is 1.09. The molecular weight excluding hydrogens is 196 g/mol. The molecule has 0 aromatic rings. The maximum atomic E-state index is 11.3. The molecule has 86 valence electrons. The highest BCUT2D eigenvalue weighted by atomic mass is 16.5. The standard InChI is InChI=1S/C11H18O4/c1-3-5-6-8-15-11(14)9(7-4-2)10(12)13/h4,9H,2-3,5-8H2,1H3,(H,12,13). The lowest BCUT2D eigenvalue weighted by atomic mass is 10.1. The molecule has 0 saturated heterocycles. The molecular formula is C11H18O4. The molecule has 0 aromatic carbocycles. The van der Waals surface area contributed by atoms with Gasteiger partial charge in [0.05, 0.1) is 6.61 Å². The van der Waals surface area contributed by atoms with E-state index in [1.165, 1.54) is 6.08 Å². The zero-order valence-electron chi connectivity index (χ0n) is 9.07. The Bertz CT molecular complexity index is 223. The summed E-state index contributed by atoms with van der Waals surface area (Å²) >= 11 is 0. The molecule has 0 heterocycles. The van der Waals surface area contributed by atoms with E-state index in [2.05, 4.69) is 6.58 Å². The molecule has 1 N–H and O–H groups in total. The Kier molecular flexibility index (Phi) is 7.32. The van der Waals surface area contributed by atoms with Gasteiger partial charge in [0.25, 0.3) is 0 Å². The van der Waals surface area contributed by atoms with E-state index < -0.39 is 17.9 Å². The summed E-state index contributed by atoms with van der Waals surface area (Å²) in [6.45, 7) is 5.74. The van der Waals surface area contributed by atoms with Crippen molar-refractivity contribution in [1.29, 1.82) is 0 Å². The highest BCUT2D eigenvalue weighted by Crippen LogP contribution is 2.07. The van der Waals surface area contributed by atoms with Gasteiger partial charge in [0.2, 0.25) is 0 Å². The topological polar surface area (TPSA) is 63.6 Å². The molecule has 4 heteroatoms. The number of ether oxygens (including phenoxy) is 1. The van der Waals surface area contributed by atoms with Gasteiger partial charge in [-0.15, -0.1) is 6.58 Å². The Morgan fingerprint density at radius 2 is 2.13 bits per heavy atom. The molecule has 0 aliphatic rings. The van der Waals surface area contributed by atoms with Crippen molar-refractivity contribution >= 4 is 11.9 Å². The number of carbonyl (C=O) groups excluding carboxylic acids is 1. The van der Waals surface area contributed by atoms with Crippen LogP contribution in [0.1, 0.15) is 32.6 Å². The van der Waals surface area contributed by atoms with Crippen LogP contribution >= 0.6 is 0 Å². The van der Waals surface area contributed by atoms with E-state index in [0.717, 1.165) is 19.3 Å². The summed E-state index contributed by atoms with van der Waals surface area (Å²) in [4.78, 5) is 22.0. The number of carboxylic acid groups (broad SMARTS) is 1. The third kappa shape index (κ3) is 5.88. The summed E-state index contributed by atoms with van der Waals surface area (Å²) in [5.41, 5.74) is 0. The van der Waals surface area contributed by atoms with E-state index in [4.69, 9.17) is 9.84 Å². The molecule has 0 saturated carbocycles. The Morgan fingerprint density at radius 3 is 2.60 bits per heavy atom. The monoisotopic (exact) mass is 214 g/mol. The average molecular weight is 214 g/mol. The second kappa shape index (κ2) is 8.03. The third-order valence-electron chi connectivity index (χ3n) is 1.98. The minimum atomic E-state index is -1.16. The summed E-state index contributed by atoms with van der Waals surface area (Å²) in [7, 11) is 0. The van der Waals surface area contributed by atoms with E-state index in [0.29, 0.717) is 6.61 Å². The fraction of sp³-hybridized carbons (Fsp3) is 0.636. The van der Waals surface area contributed by atoms with Crippen molar-refractivity contribution in [3.05, 3.63) is 12.7 Å². The number of hydrogen-bond donors (Lipinski definition) is 1. The van der Waals surface area contributed by atoms with Crippen molar-refractivity contribution in [2.24, 2.45) is 5.92 Å². The van der Waals surface area contributed by atoms with Gasteiger partial charge in [-0.25, -0.2) is 0 Å². The van der Waals surface area contributed by atoms with Crippen molar-refractivity contribution < 1.29 is 19.4 Å². The molecule has 0 spiro atoms. The summed E-state index contributed by atoms with van der Waals surface area (Å²) < 4.78 is 4.85. The first-order valence-electron chi connectivity index (χ1n) is 5.13. The van der Waals surface area contributed by atoms with Crippen molar-refractivity contribution in [3.8, 4) is 0 Å². The molecule has 0 amide bonds. The van der Waals surface area contributed by atoms with Gasteiger partial charge in [0, 0.05) is 0 Å². The highest BCUT2D eigenvalue weighted by molar-refractivity contribution is 5.94. The number of allylic oxidation sites excluding steroid dienone is 1. The van der Waals surface area contributed by atoms with Gasteiger partial charge in [0.15, 0.2) is 5.92 Å². The number of esters is 1. The molecule has 0 fully saturated rings. The Hall–Kier alpha value is -1.32. The van der Waals surface area contributed by atoms with Crippen LogP contribution in [0, 0.1) is 5.92 Å². The first kappa shape index (κ1) is 13.7. The lowest BCUT2D eigenvalue weighted by Gasteiger charge is -2.09. The Balaban J connectivity index is 3.92. The van der Waals surface area contributed by atoms with Gasteiger partial charge in [-0.05, 0) is 12.8 Å². The SMILES string of the molecule is C=CCC(C(=O)O)C(=O)OCCCCC. The van der Waals surface area contributed by atoms with Crippen LogP contribution in [-0.2, 0) is 14.3 Å². The zero-order chi connectivity index (χ0) is 11.7. The summed E-state index contributed by atoms with van der Waals surface area (Å²) in [6.07, 6.45) is 4.32. The zero-order valence-corrected chi connectivity index (χ0v) is 9.07. The number of carboxylic acids is 1. The minimum Gasteiger partial charge on any atom is -0.481 e. The molecule has 0 aliphatic carbocycles. The van der Waals surface area contributed by atoms with Crippen molar-refractivity contribution in [3.63, 3.8) is 0 Å². The second-order valence-electron chi connectivity index (χ2n) is 3.29. The normalized spacial score (nSPS) is 11.8. The maximum absolute atomic E-state index is 11.3. The van der Waals surface area contributed by atoms with Crippen LogP contribution < -0.4 is 0 Å². The lowest BCUT2D eigenvalue weighted by Crippen LogP contribution is -2.25. The van der Waals surface area contributed by atoms with Gasteiger partial charge in [0.1, 0.15) is 0 Å². The van der Waals surface area contributed by atoms with E-state index in [9.17, 15) is 9.59 Å². The smallest absolute Gasteiger partial charge is 0.320 e. The maximum Gasteiger partial charge on any atom is 0.320 e. The molecule has 0 bridgehead atoms. The van der Waals surface area contributed by atoms with Gasteiger partial charge in [-0.1, -0.05) is 25.8 Å². The highest BCUT2D eigenvalue weighted by Gasteiger charge is 2.25. The summed E-state index contributed by atoms with van der Waals surface area (Å²) in [5.74, 6) is -2.93. The van der Waals surface area contributed by atoms with Gasteiger partial charge in [-0.3, -0.25) is 9.59 Å². The van der Waals surface area contributed by atoms with Gasteiger partial charge >= 0.3 is 11.9 Å². The number of hydrogen-bond acceptors (Lipinski definition) is 3. The van der Waals surface area contributed by atoms with E-state index in [-0.39, 0.29) is 6.42 Å². The van der Waals surface area contributed by atoms with Crippen molar-refractivity contribution in [1.82, 2.24) is 0 Å². The minimum absolute atomic E-state index is 0.113. The molecule has 0 aliphatic heterocycles. The largest absolute Gasteiger partial charge is 0.481 e. The average Bonchev–Trinajstić information content (AvgIpc) is 2.20. The first-order chi connectivity index (χ1) is 7.13. The van der Waals surface area contributed by atoms with Crippen LogP contribution in [-0.4, -0.2) is 23.7 Å². The van der Waals surface area contributed by atoms with Gasteiger partial charge < -0.3 is 9.84 Å². The van der Waals surface area contributed by atoms with Crippen LogP contribution in [0.3, 0.4) is 0 Å². The summed E-state index contributed by atoms with van der Waals surface area (Å²) in [5, 5.41) is 8.73. The van der Waals surface area contributed by atoms with Gasteiger partial charge in [-0.2, -0.15) is 0 Å². The summed E-state index contributed by atoms with van der Waals surface area (Å²) in [6, 6.07) is 0. The molecule has 1 unspecified atom stereocenters.